The molecule has 0 saturated carbocycles. The number of oxazole rings is 1. The Bertz CT molecular complexity index is 1070. The lowest BCUT2D eigenvalue weighted by Gasteiger charge is -2.03. The van der Waals surface area contributed by atoms with E-state index in [-0.39, 0.29) is 18.2 Å². The van der Waals surface area contributed by atoms with Crippen LogP contribution in [-0.2, 0) is 22.4 Å². The van der Waals surface area contributed by atoms with Crippen LogP contribution in [0.3, 0.4) is 0 Å². The number of benzene rings is 2. The first-order valence-corrected chi connectivity index (χ1v) is 10.2. The van der Waals surface area contributed by atoms with Gasteiger partial charge in [0.1, 0.15) is 5.82 Å². The number of esters is 1. The van der Waals surface area contributed by atoms with Gasteiger partial charge in [-0.25, -0.2) is 14.4 Å². The van der Waals surface area contributed by atoms with E-state index < -0.39 is 0 Å². The molecule has 2 heterocycles. The average molecular weight is 410 g/mol. The highest BCUT2D eigenvalue weighted by Gasteiger charge is 2.10. The fourth-order valence-corrected chi connectivity index (χ4v) is 3.90. The maximum absolute atomic E-state index is 13.0. The third-order valence-corrected chi connectivity index (χ3v) is 5.46. The summed E-state index contributed by atoms with van der Waals surface area (Å²) in [4.78, 5) is 20.7. The number of carbonyl (C=O) groups excluding carboxylic acids is 1. The molecule has 2 aromatic heterocycles. The molecule has 5 nitrogen and oxygen atoms in total. The van der Waals surface area contributed by atoms with Crippen LogP contribution in [0.25, 0.3) is 21.5 Å². The predicted octanol–water partition coefficient (Wildman–Crippen LogP) is 5.20. The Labute approximate surface area is 171 Å². The van der Waals surface area contributed by atoms with Crippen molar-refractivity contribution < 1.29 is 18.3 Å². The lowest BCUT2D eigenvalue weighted by atomic mass is 10.2. The second-order valence-corrected chi connectivity index (χ2v) is 7.64. The molecular formula is C22H19FN2O3S. The molecule has 0 radical (unpaired) electrons. The summed E-state index contributed by atoms with van der Waals surface area (Å²) in [7, 11) is 0. The van der Waals surface area contributed by atoms with Gasteiger partial charge < -0.3 is 9.15 Å². The summed E-state index contributed by atoms with van der Waals surface area (Å²) >= 11 is 1.67. The Morgan fingerprint density at radius 2 is 1.93 bits per heavy atom. The monoisotopic (exact) mass is 410 g/mol. The summed E-state index contributed by atoms with van der Waals surface area (Å²) in [6.07, 6.45) is 3.65. The highest BCUT2D eigenvalue weighted by atomic mass is 32.1. The maximum Gasteiger partial charge on any atom is 0.306 e. The van der Waals surface area contributed by atoms with Gasteiger partial charge in [0.05, 0.1) is 34.4 Å². The standard InChI is InChI=1S/C22H19FN2O3S/c23-16-9-7-15(8-10-16)18-14-24-20(28-18)11-12-22(26)27-13-3-6-21-25-17-4-1-2-5-19(17)29-21/h1-2,4-5,7-10,14H,3,6,11-13H2. The van der Waals surface area contributed by atoms with Gasteiger partial charge in [-0.2, -0.15) is 0 Å². The zero-order valence-corrected chi connectivity index (χ0v) is 16.5. The first-order chi connectivity index (χ1) is 14.2. The van der Waals surface area contributed by atoms with Crippen molar-refractivity contribution in [1.29, 1.82) is 0 Å². The van der Waals surface area contributed by atoms with Crippen molar-refractivity contribution in [2.45, 2.75) is 25.7 Å². The average Bonchev–Trinajstić information content (AvgIpc) is 3.37. The number of fused-ring (bicyclic) bond motifs is 1. The Morgan fingerprint density at radius 3 is 2.76 bits per heavy atom. The summed E-state index contributed by atoms with van der Waals surface area (Å²) in [5.41, 5.74) is 1.75. The molecule has 29 heavy (non-hydrogen) atoms. The van der Waals surface area contributed by atoms with E-state index in [0.29, 0.717) is 24.7 Å². The van der Waals surface area contributed by atoms with Gasteiger partial charge in [-0.15, -0.1) is 11.3 Å². The van der Waals surface area contributed by atoms with E-state index in [1.807, 2.05) is 18.2 Å². The predicted molar refractivity (Wildman–Crippen MR) is 109 cm³/mol. The number of thiazole rings is 1. The molecule has 0 aliphatic rings. The van der Waals surface area contributed by atoms with Crippen LogP contribution in [0.1, 0.15) is 23.7 Å². The van der Waals surface area contributed by atoms with Crippen LogP contribution >= 0.6 is 11.3 Å². The zero-order valence-electron chi connectivity index (χ0n) is 15.6. The van der Waals surface area contributed by atoms with Gasteiger partial charge >= 0.3 is 5.97 Å². The van der Waals surface area contributed by atoms with Crippen LogP contribution in [0.4, 0.5) is 4.39 Å². The van der Waals surface area contributed by atoms with Crippen LogP contribution in [0.15, 0.2) is 59.1 Å². The minimum Gasteiger partial charge on any atom is -0.466 e. The van der Waals surface area contributed by atoms with E-state index in [2.05, 4.69) is 16.0 Å². The molecule has 2 aromatic carbocycles. The molecule has 0 spiro atoms. The van der Waals surface area contributed by atoms with Crippen molar-refractivity contribution in [2.24, 2.45) is 0 Å². The van der Waals surface area contributed by atoms with Crippen LogP contribution in [-0.4, -0.2) is 22.5 Å². The van der Waals surface area contributed by atoms with Gasteiger partial charge in [0.15, 0.2) is 11.7 Å². The van der Waals surface area contributed by atoms with Crippen LogP contribution in [0, 0.1) is 5.82 Å². The number of hydrogen-bond acceptors (Lipinski definition) is 6. The highest BCUT2D eigenvalue weighted by Crippen LogP contribution is 2.23. The number of halogens is 1. The Morgan fingerprint density at radius 1 is 1.10 bits per heavy atom. The molecule has 0 atom stereocenters. The van der Waals surface area contributed by atoms with Crippen molar-refractivity contribution >= 4 is 27.5 Å². The largest absolute Gasteiger partial charge is 0.466 e. The SMILES string of the molecule is O=C(CCc1ncc(-c2ccc(F)cc2)o1)OCCCc1nc2ccccc2s1. The number of hydrogen-bond donors (Lipinski definition) is 0. The Kier molecular flexibility index (Phi) is 5.95. The van der Waals surface area contributed by atoms with Crippen molar-refractivity contribution in [3.8, 4) is 11.3 Å². The van der Waals surface area contributed by atoms with Gasteiger partial charge in [0.25, 0.3) is 0 Å². The molecule has 4 aromatic rings. The van der Waals surface area contributed by atoms with E-state index in [9.17, 15) is 9.18 Å². The van der Waals surface area contributed by atoms with Crippen LogP contribution in [0.2, 0.25) is 0 Å². The Hall–Kier alpha value is -3.06. The molecule has 7 heteroatoms. The molecule has 0 unspecified atom stereocenters. The van der Waals surface area contributed by atoms with E-state index in [1.165, 1.54) is 16.8 Å². The van der Waals surface area contributed by atoms with Crippen LogP contribution < -0.4 is 0 Å². The lowest BCUT2D eigenvalue weighted by molar-refractivity contribution is -0.143. The number of aryl methyl sites for hydroxylation is 2. The van der Waals surface area contributed by atoms with Crippen molar-refractivity contribution in [3.63, 3.8) is 0 Å². The first-order valence-electron chi connectivity index (χ1n) is 9.38. The molecule has 0 amide bonds. The van der Waals surface area contributed by atoms with Gasteiger partial charge in [0.2, 0.25) is 0 Å². The summed E-state index contributed by atoms with van der Waals surface area (Å²) in [5, 5.41) is 1.05. The summed E-state index contributed by atoms with van der Waals surface area (Å²) in [6, 6.07) is 14.0. The number of aromatic nitrogens is 2. The van der Waals surface area contributed by atoms with Gasteiger partial charge in [-0.3, -0.25) is 4.79 Å². The molecule has 0 aliphatic carbocycles. The maximum atomic E-state index is 13.0. The number of rotatable bonds is 8. The fraction of sp³-hybridized carbons (Fsp3) is 0.227. The highest BCUT2D eigenvalue weighted by molar-refractivity contribution is 7.18. The molecule has 0 saturated heterocycles. The molecular weight excluding hydrogens is 391 g/mol. The quantitative estimate of drug-likeness (QED) is 0.295. The number of carbonyl (C=O) groups is 1. The third-order valence-electron chi connectivity index (χ3n) is 4.36. The normalized spacial score (nSPS) is 11.1. The van der Waals surface area contributed by atoms with Crippen LogP contribution in [0.5, 0.6) is 0 Å². The van der Waals surface area contributed by atoms with E-state index in [0.717, 1.165) is 28.9 Å². The third kappa shape index (κ3) is 5.06. The number of ether oxygens (including phenoxy) is 1. The van der Waals surface area contributed by atoms with Crippen molar-refractivity contribution in [2.75, 3.05) is 6.61 Å². The van der Waals surface area contributed by atoms with Crippen molar-refractivity contribution in [3.05, 3.63) is 71.4 Å². The summed E-state index contributed by atoms with van der Waals surface area (Å²) < 4.78 is 25.1. The Balaban J connectivity index is 1.19. The minimum atomic E-state index is -0.306. The minimum absolute atomic E-state index is 0.199. The van der Waals surface area contributed by atoms with Gasteiger partial charge in [-0.05, 0) is 42.8 Å². The topological polar surface area (TPSA) is 65.2 Å². The second kappa shape index (κ2) is 8.96. The van der Waals surface area contributed by atoms with Crippen molar-refractivity contribution in [1.82, 2.24) is 9.97 Å². The summed E-state index contributed by atoms with van der Waals surface area (Å²) in [5.74, 6) is 0.412. The van der Waals surface area contributed by atoms with Gasteiger partial charge in [0, 0.05) is 18.4 Å². The number of para-hydroxylation sites is 1. The molecule has 0 N–H and O–H groups in total. The first kappa shape index (κ1) is 19.3. The molecule has 0 aliphatic heterocycles. The van der Waals surface area contributed by atoms with Gasteiger partial charge in [-0.1, -0.05) is 12.1 Å². The fourth-order valence-electron chi connectivity index (χ4n) is 2.89. The zero-order chi connectivity index (χ0) is 20.1. The van der Waals surface area contributed by atoms with E-state index >= 15 is 0 Å². The summed E-state index contributed by atoms with van der Waals surface area (Å²) in [6.45, 7) is 0.362. The molecule has 4 rings (SSSR count). The second-order valence-electron chi connectivity index (χ2n) is 6.52. The number of nitrogens with zero attached hydrogens (tertiary/aromatic N) is 2. The van der Waals surface area contributed by atoms with E-state index in [1.54, 1.807) is 29.7 Å². The lowest BCUT2D eigenvalue weighted by Crippen LogP contribution is -2.07. The molecule has 148 valence electrons. The smallest absolute Gasteiger partial charge is 0.306 e. The molecule has 0 bridgehead atoms. The van der Waals surface area contributed by atoms with E-state index in [4.69, 9.17) is 9.15 Å². The molecule has 0 fully saturated rings.